The fraction of sp³-hybridized carbons (Fsp3) is 0.429. The summed E-state index contributed by atoms with van der Waals surface area (Å²) in [5.74, 6) is 1.78. The summed E-state index contributed by atoms with van der Waals surface area (Å²) in [5.41, 5.74) is 1.96. The largest absolute Gasteiger partial charge is 0.497 e. The van der Waals surface area contributed by atoms with Gasteiger partial charge in [-0.05, 0) is 49.4 Å². The first-order valence-electron chi connectivity index (χ1n) is 9.23. The summed E-state index contributed by atoms with van der Waals surface area (Å²) in [7, 11) is 1.62. The standard InChI is InChI=1S/C21H22N2O3/c1-3-11-10-23-7-6-12(11)8-16(23)20(24)17-14-9-13(26-2)4-5-15(14)22-19-18(17)21(19)25/h3-5,9,11-12,16,20,24H,1,6-8,10H2,2H3/t11-,12?,16-,20-/m0/s1. The number of aliphatic hydroxyl groups is 1. The zero-order valence-electron chi connectivity index (χ0n) is 14.8. The zero-order valence-corrected chi connectivity index (χ0v) is 14.8. The van der Waals surface area contributed by atoms with Crippen LogP contribution in [0.4, 0.5) is 0 Å². The van der Waals surface area contributed by atoms with Gasteiger partial charge in [0, 0.05) is 23.5 Å². The normalized spacial score (nSPS) is 29.5. The highest BCUT2D eigenvalue weighted by atomic mass is 16.5. The van der Waals surface area contributed by atoms with E-state index in [2.05, 4.69) is 22.5 Å². The molecule has 0 spiro atoms. The average Bonchev–Trinajstić information content (AvgIpc) is 3.34. The molecule has 6 rings (SSSR count). The van der Waals surface area contributed by atoms with Gasteiger partial charge in [-0.25, -0.2) is 4.98 Å². The molecule has 0 saturated carbocycles. The fourth-order valence-corrected chi connectivity index (χ4v) is 4.93. The third-order valence-electron chi connectivity index (χ3n) is 6.43. The molecule has 0 radical (unpaired) electrons. The minimum absolute atomic E-state index is 0.0332. The molecular weight excluding hydrogens is 328 g/mol. The van der Waals surface area contributed by atoms with E-state index in [-0.39, 0.29) is 11.5 Å². The van der Waals surface area contributed by atoms with Crippen LogP contribution >= 0.6 is 0 Å². The molecule has 1 aromatic heterocycles. The highest BCUT2D eigenvalue weighted by molar-refractivity contribution is 6.06. The van der Waals surface area contributed by atoms with Crippen LogP contribution in [0.15, 0.2) is 35.6 Å². The Hall–Kier alpha value is -2.24. The maximum atomic E-state index is 12.2. The van der Waals surface area contributed by atoms with Crippen LogP contribution < -0.4 is 10.2 Å². The molecule has 2 aromatic carbocycles. The van der Waals surface area contributed by atoms with Crippen molar-refractivity contribution in [2.45, 2.75) is 25.0 Å². The van der Waals surface area contributed by atoms with Gasteiger partial charge in [-0.2, -0.15) is 0 Å². The van der Waals surface area contributed by atoms with Gasteiger partial charge < -0.3 is 9.84 Å². The Morgan fingerprint density at radius 2 is 2.31 bits per heavy atom. The molecule has 3 aliphatic rings. The van der Waals surface area contributed by atoms with Gasteiger partial charge in [0.25, 0.3) is 0 Å². The summed E-state index contributed by atoms with van der Waals surface area (Å²) in [6, 6.07) is 5.62. The quantitative estimate of drug-likeness (QED) is 0.733. The Bertz CT molecular complexity index is 1030. The van der Waals surface area contributed by atoms with Crippen molar-refractivity contribution in [3.05, 3.63) is 46.6 Å². The van der Waals surface area contributed by atoms with E-state index >= 15 is 0 Å². The number of aliphatic hydroxyl groups excluding tert-OH is 1. The number of rotatable bonds is 4. The lowest BCUT2D eigenvalue weighted by molar-refractivity contribution is -0.0440. The van der Waals surface area contributed by atoms with Crippen molar-refractivity contribution < 1.29 is 9.84 Å². The van der Waals surface area contributed by atoms with Crippen LogP contribution in [0.25, 0.3) is 21.8 Å². The van der Waals surface area contributed by atoms with Crippen LogP contribution in [0.2, 0.25) is 0 Å². The monoisotopic (exact) mass is 350 g/mol. The van der Waals surface area contributed by atoms with Gasteiger partial charge in [0.15, 0.2) is 0 Å². The Morgan fingerprint density at radius 3 is 3.00 bits per heavy atom. The van der Waals surface area contributed by atoms with Crippen molar-refractivity contribution in [2.75, 3.05) is 20.2 Å². The number of nitrogens with zero attached hydrogens (tertiary/aromatic N) is 2. The third-order valence-corrected chi connectivity index (χ3v) is 6.43. The molecule has 4 heterocycles. The van der Waals surface area contributed by atoms with Gasteiger partial charge in [0.05, 0.1) is 24.1 Å². The zero-order chi connectivity index (χ0) is 18.0. The first-order chi connectivity index (χ1) is 12.6. The lowest BCUT2D eigenvalue weighted by Gasteiger charge is -2.50. The first-order valence-corrected chi connectivity index (χ1v) is 9.23. The maximum absolute atomic E-state index is 12.2. The predicted molar refractivity (Wildman–Crippen MR) is 101 cm³/mol. The molecule has 5 atom stereocenters. The van der Waals surface area contributed by atoms with Crippen LogP contribution in [0.3, 0.4) is 0 Å². The maximum Gasteiger partial charge on any atom is 0.214 e. The van der Waals surface area contributed by atoms with Gasteiger partial charge in [0.1, 0.15) is 11.3 Å². The van der Waals surface area contributed by atoms with Crippen molar-refractivity contribution in [2.24, 2.45) is 11.8 Å². The average molecular weight is 350 g/mol. The number of fused-ring (bicyclic) bond motifs is 5. The van der Waals surface area contributed by atoms with Gasteiger partial charge >= 0.3 is 0 Å². The lowest BCUT2D eigenvalue weighted by Crippen LogP contribution is -2.54. The number of methoxy groups -OCH3 is 1. The summed E-state index contributed by atoms with van der Waals surface area (Å²) in [5, 5.41) is 12.8. The molecule has 134 valence electrons. The van der Waals surface area contributed by atoms with Gasteiger partial charge in [0.2, 0.25) is 5.43 Å². The van der Waals surface area contributed by atoms with Crippen LogP contribution in [0.1, 0.15) is 24.5 Å². The van der Waals surface area contributed by atoms with Crippen LogP contribution in [0.5, 0.6) is 5.75 Å². The molecule has 5 nitrogen and oxygen atoms in total. The summed E-state index contributed by atoms with van der Waals surface area (Å²) in [6.07, 6.45) is 3.45. The molecule has 26 heavy (non-hydrogen) atoms. The van der Waals surface area contributed by atoms with Gasteiger partial charge in [-0.15, -0.1) is 6.58 Å². The van der Waals surface area contributed by atoms with Crippen molar-refractivity contribution >= 4 is 21.8 Å². The second kappa shape index (κ2) is 5.63. The first kappa shape index (κ1) is 16.0. The molecule has 2 unspecified atom stereocenters. The lowest BCUT2D eigenvalue weighted by atomic mass is 9.73. The number of hydrogen-bond donors (Lipinski definition) is 1. The summed E-state index contributed by atoms with van der Waals surface area (Å²) in [4.78, 5) is 19.0. The van der Waals surface area contributed by atoms with Crippen LogP contribution in [0, 0.1) is 11.8 Å². The van der Waals surface area contributed by atoms with Crippen molar-refractivity contribution in [3.63, 3.8) is 0 Å². The predicted octanol–water partition coefficient (Wildman–Crippen LogP) is 2.56. The Balaban J connectivity index is 1.61. The molecule has 2 bridgehead atoms. The van der Waals surface area contributed by atoms with E-state index in [1.807, 2.05) is 18.2 Å². The SMILES string of the molecule is C=C[C@H]1CN2CCC1C[C@H]2[C@H](O)c1c2cc(OC)ccc2nc2c(=O)c12. The molecule has 1 N–H and O–H groups in total. The second-order valence-electron chi connectivity index (χ2n) is 7.65. The number of hydrogen-bond acceptors (Lipinski definition) is 5. The van der Waals surface area contributed by atoms with Crippen molar-refractivity contribution in [1.29, 1.82) is 0 Å². The molecule has 5 heteroatoms. The summed E-state index contributed by atoms with van der Waals surface area (Å²) in [6.45, 7) is 5.91. The molecule has 3 fully saturated rings. The summed E-state index contributed by atoms with van der Waals surface area (Å²) >= 11 is 0. The number of ether oxygens (including phenoxy) is 1. The van der Waals surface area contributed by atoms with E-state index in [0.29, 0.717) is 28.5 Å². The molecule has 0 aliphatic carbocycles. The van der Waals surface area contributed by atoms with Crippen LogP contribution in [-0.2, 0) is 0 Å². The molecule has 3 aromatic rings. The number of benzene rings is 1. The van der Waals surface area contributed by atoms with E-state index in [1.165, 1.54) is 0 Å². The van der Waals surface area contributed by atoms with E-state index < -0.39 is 6.10 Å². The second-order valence-corrected chi connectivity index (χ2v) is 7.65. The van der Waals surface area contributed by atoms with Crippen molar-refractivity contribution in [1.82, 2.24) is 9.88 Å². The number of aromatic nitrogens is 1. The molecule has 3 saturated heterocycles. The molecular formula is C21H22N2O3. The molecule has 0 amide bonds. The highest BCUT2D eigenvalue weighted by Crippen LogP contribution is 2.44. The summed E-state index contributed by atoms with van der Waals surface area (Å²) < 4.78 is 5.35. The smallest absolute Gasteiger partial charge is 0.214 e. The third kappa shape index (κ3) is 2.17. The minimum Gasteiger partial charge on any atom is -0.497 e. The Morgan fingerprint density at radius 1 is 1.46 bits per heavy atom. The van der Waals surface area contributed by atoms with E-state index in [4.69, 9.17) is 4.74 Å². The number of pyridine rings is 1. The van der Waals surface area contributed by atoms with Crippen molar-refractivity contribution in [3.8, 4) is 5.75 Å². The van der Waals surface area contributed by atoms with Gasteiger partial charge in [-0.3, -0.25) is 9.69 Å². The highest BCUT2D eigenvalue weighted by Gasteiger charge is 2.43. The number of piperidine rings is 3. The van der Waals surface area contributed by atoms with E-state index in [0.717, 1.165) is 42.4 Å². The Labute approximate surface area is 151 Å². The van der Waals surface area contributed by atoms with Gasteiger partial charge in [-0.1, -0.05) is 6.08 Å². The Kier molecular flexibility index (Phi) is 3.46. The van der Waals surface area contributed by atoms with Crippen LogP contribution in [-0.4, -0.2) is 41.2 Å². The van der Waals surface area contributed by atoms with E-state index in [9.17, 15) is 9.90 Å². The molecule has 3 aliphatic heterocycles. The minimum atomic E-state index is -0.693. The van der Waals surface area contributed by atoms with E-state index in [1.54, 1.807) is 7.11 Å². The topological polar surface area (TPSA) is 62.7 Å². The fourth-order valence-electron chi connectivity index (χ4n) is 4.93.